The quantitative estimate of drug-likeness (QED) is 0.172. The lowest BCUT2D eigenvalue weighted by Crippen LogP contribution is -2.31. The number of aromatic nitrogens is 1. The van der Waals surface area contributed by atoms with Crippen LogP contribution in [0.2, 0.25) is 0 Å². The molecule has 0 unspecified atom stereocenters. The van der Waals surface area contributed by atoms with Crippen LogP contribution in [-0.4, -0.2) is 79.9 Å². The second kappa shape index (κ2) is 14.8. The van der Waals surface area contributed by atoms with Gasteiger partial charge < -0.3 is 29.3 Å². The van der Waals surface area contributed by atoms with Crippen LogP contribution in [-0.2, 0) is 21.5 Å². The van der Waals surface area contributed by atoms with Gasteiger partial charge in [-0.2, -0.15) is 0 Å². The largest absolute Gasteiger partial charge is 0.491 e. The van der Waals surface area contributed by atoms with Crippen molar-refractivity contribution >= 4 is 29.2 Å². The number of fused-ring (bicyclic) bond motifs is 1. The molecular weight excluding hydrogens is 574 g/mol. The standard InChI is InChI=1S/C34H47N5O6/c1-7-43-27-19-23-20-39(32(35)29(23)37-30(27)33(42)36-6)21-26(40)22-17-24(34(3,4)5)31(25(18-22)38-14-10-11-15-38)45-16-12-9-13-28(41)44-8-2/h17-19,35H,7-16,20-21H2,1-6H3,(H,36,42). The molecule has 1 saturated heterocycles. The number of hydrogen-bond donors (Lipinski definition) is 2. The molecule has 11 nitrogen and oxygen atoms in total. The van der Waals surface area contributed by atoms with Gasteiger partial charge in [-0.05, 0) is 63.1 Å². The van der Waals surface area contributed by atoms with E-state index >= 15 is 0 Å². The van der Waals surface area contributed by atoms with Crippen LogP contribution in [0.15, 0.2) is 18.2 Å². The minimum absolute atomic E-state index is 0.00838. The van der Waals surface area contributed by atoms with Crippen LogP contribution in [0.4, 0.5) is 5.69 Å². The molecule has 1 fully saturated rings. The zero-order valence-electron chi connectivity index (χ0n) is 27.5. The number of Topliss-reactive ketones (excluding diaryl/α,β-unsaturated/α-hetero) is 1. The summed E-state index contributed by atoms with van der Waals surface area (Å²) in [4.78, 5) is 46.6. The first kappa shape index (κ1) is 33.7. The summed E-state index contributed by atoms with van der Waals surface area (Å²) in [5.74, 6) is 0.543. The first-order chi connectivity index (χ1) is 21.5. The number of nitrogens with zero attached hydrogens (tertiary/aromatic N) is 3. The van der Waals surface area contributed by atoms with E-state index in [0.717, 1.165) is 48.5 Å². The smallest absolute Gasteiger partial charge is 0.305 e. The molecule has 2 N–H and O–H groups in total. The second-order valence-corrected chi connectivity index (χ2v) is 12.4. The molecule has 4 rings (SSSR count). The number of unbranched alkanes of at least 4 members (excludes halogenated alkanes) is 1. The van der Waals surface area contributed by atoms with Crippen molar-refractivity contribution in [2.75, 3.05) is 51.4 Å². The summed E-state index contributed by atoms with van der Waals surface area (Å²) >= 11 is 0. The van der Waals surface area contributed by atoms with E-state index in [9.17, 15) is 14.4 Å². The summed E-state index contributed by atoms with van der Waals surface area (Å²) in [5.41, 5.74) is 3.35. The summed E-state index contributed by atoms with van der Waals surface area (Å²) in [6.07, 6.45) is 3.89. The molecule has 0 bridgehead atoms. The lowest BCUT2D eigenvalue weighted by atomic mass is 9.84. The number of rotatable bonds is 14. The van der Waals surface area contributed by atoms with Crippen LogP contribution in [0, 0.1) is 5.41 Å². The number of anilines is 1. The van der Waals surface area contributed by atoms with Gasteiger partial charge in [-0.3, -0.25) is 19.8 Å². The predicted octanol–water partition coefficient (Wildman–Crippen LogP) is 4.87. The summed E-state index contributed by atoms with van der Waals surface area (Å²) < 4.78 is 17.2. The summed E-state index contributed by atoms with van der Waals surface area (Å²) in [5, 5.41) is 11.4. The van der Waals surface area contributed by atoms with Gasteiger partial charge in [0.25, 0.3) is 5.91 Å². The minimum Gasteiger partial charge on any atom is -0.491 e. The van der Waals surface area contributed by atoms with E-state index < -0.39 is 5.91 Å². The molecule has 3 heterocycles. The maximum absolute atomic E-state index is 13.9. The average molecular weight is 622 g/mol. The molecule has 0 saturated carbocycles. The monoisotopic (exact) mass is 621 g/mol. The topological polar surface area (TPSA) is 134 Å². The molecule has 0 atom stereocenters. The highest BCUT2D eigenvalue weighted by Crippen LogP contribution is 2.42. The summed E-state index contributed by atoms with van der Waals surface area (Å²) in [6.45, 7) is 13.2. The molecule has 1 aromatic heterocycles. The molecule has 2 aromatic rings. The number of esters is 1. The molecule has 11 heteroatoms. The van der Waals surface area contributed by atoms with Crippen LogP contribution >= 0.6 is 0 Å². The summed E-state index contributed by atoms with van der Waals surface area (Å²) in [6, 6.07) is 5.61. The number of benzene rings is 1. The molecule has 244 valence electrons. The number of ketones is 1. The molecule has 0 radical (unpaired) electrons. The first-order valence-electron chi connectivity index (χ1n) is 16.0. The van der Waals surface area contributed by atoms with E-state index in [0.29, 0.717) is 62.6 Å². The Morgan fingerprint density at radius 2 is 1.76 bits per heavy atom. The first-order valence-corrected chi connectivity index (χ1v) is 16.0. The maximum Gasteiger partial charge on any atom is 0.305 e. The molecular formula is C34H47N5O6. The Balaban J connectivity index is 1.58. The Kier molecular flexibility index (Phi) is 11.1. The maximum atomic E-state index is 13.9. The average Bonchev–Trinajstić information content (AvgIpc) is 3.64. The molecule has 1 amide bonds. The fraction of sp³-hybridized carbons (Fsp3) is 0.559. The lowest BCUT2D eigenvalue weighted by Gasteiger charge is -2.30. The number of carbonyl (C=O) groups excluding carboxylic acids is 3. The number of nitrogens with one attached hydrogen (secondary N) is 2. The van der Waals surface area contributed by atoms with Gasteiger partial charge in [0, 0.05) is 49.8 Å². The van der Waals surface area contributed by atoms with Crippen molar-refractivity contribution in [2.45, 2.75) is 78.7 Å². The van der Waals surface area contributed by atoms with E-state index in [1.54, 1.807) is 17.9 Å². The molecule has 2 aliphatic rings. The number of hydrogen-bond acceptors (Lipinski definition) is 9. The van der Waals surface area contributed by atoms with Gasteiger partial charge in [0.2, 0.25) is 0 Å². The van der Waals surface area contributed by atoms with Crippen molar-refractivity contribution in [3.05, 3.63) is 46.3 Å². The van der Waals surface area contributed by atoms with Crippen LogP contribution < -0.4 is 19.7 Å². The van der Waals surface area contributed by atoms with E-state index in [2.05, 4.69) is 36.0 Å². The Morgan fingerprint density at radius 1 is 1.02 bits per heavy atom. The number of amides is 1. The molecule has 1 aromatic carbocycles. The lowest BCUT2D eigenvalue weighted by molar-refractivity contribution is -0.143. The van der Waals surface area contributed by atoms with Crippen molar-refractivity contribution in [1.82, 2.24) is 15.2 Å². The van der Waals surface area contributed by atoms with Crippen LogP contribution in [0.25, 0.3) is 0 Å². The Morgan fingerprint density at radius 3 is 2.40 bits per heavy atom. The van der Waals surface area contributed by atoms with Crippen molar-refractivity contribution in [3.63, 3.8) is 0 Å². The van der Waals surface area contributed by atoms with Crippen molar-refractivity contribution in [3.8, 4) is 11.5 Å². The fourth-order valence-corrected chi connectivity index (χ4v) is 5.69. The van der Waals surface area contributed by atoms with Crippen molar-refractivity contribution < 1.29 is 28.6 Å². The third kappa shape index (κ3) is 7.93. The second-order valence-electron chi connectivity index (χ2n) is 12.4. The third-order valence-electron chi connectivity index (χ3n) is 8.02. The highest BCUT2D eigenvalue weighted by molar-refractivity contribution is 6.06. The molecule has 2 aliphatic heterocycles. The normalized spacial score (nSPS) is 14.4. The highest BCUT2D eigenvalue weighted by atomic mass is 16.5. The van der Waals surface area contributed by atoms with Gasteiger partial charge in [0.05, 0.1) is 32.1 Å². The van der Waals surface area contributed by atoms with E-state index in [4.69, 9.17) is 19.6 Å². The SMILES string of the molecule is CCOC(=O)CCCCOc1c(N2CCCC2)cc(C(=O)CN2Cc3cc(OCC)c(C(=O)NC)nc3C2=N)cc1C(C)(C)C. The van der Waals surface area contributed by atoms with E-state index in [1.807, 2.05) is 19.1 Å². The zero-order chi connectivity index (χ0) is 32.7. The van der Waals surface area contributed by atoms with E-state index in [-0.39, 0.29) is 35.2 Å². The number of ether oxygens (including phenoxy) is 3. The Hall–Kier alpha value is -4.15. The minimum atomic E-state index is -0.394. The highest BCUT2D eigenvalue weighted by Gasteiger charge is 2.32. The fourth-order valence-electron chi connectivity index (χ4n) is 5.69. The van der Waals surface area contributed by atoms with Crippen LogP contribution in [0.1, 0.15) is 104 Å². The number of amidine groups is 1. The van der Waals surface area contributed by atoms with Gasteiger partial charge in [-0.25, -0.2) is 4.98 Å². The van der Waals surface area contributed by atoms with Gasteiger partial charge >= 0.3 is 5.97 Å². The Bertz CT molecular complexity index is 1430. The zero-order valence-corrected chi connectivity index (χ0v) is 27.5. The van der Waals surface area contributed by atoms with Crippen molar-refractivity contribution in [1.29, 1.82) is 5.41 Å². The van der Waals surface area contributed by atoms with Gasteiger partial charge in [0.1, 0.15) is 17.3 Å². The van der Waals surface area contributed by atoms with E-state index in [1.165, 1.54) is 7.05 Å². The molecule has 0 aliphatic carbocycles. The third-order valence-corrected chi connectivity index (χ3v) is 8.02. The van der Waals surface area contributed by atoms with Crippen molar-refractivity contribution in [2.24, 2.45) is 0 Å². The van der Waals surface area contributed by atoms with Crippen LogP contribution in [0.3, 0.4) is 0 Å². The molecule has 45 heavy (non-hydrogen) atoms. The van der Waals surface area contributed by atoms with Gasteiger partial charge in [0.15, 0.2) is 17.2 Å². The van der Waals surface area contributed by atoms with Crippen LogP contribution in [0.5, 0.6) is 11.5 Å². The predicted molar refractivity (Wildman–Crippen MR) is 173 cm³/mol. The molecule has 0 spiro atoms. The van der Waals surface area contributed by atoms with Gasteiger partial charge in [-0.15, -0.1) is 0 Å². The number of carbonyl (C=O) groups is 3. The summed E-state index contributed by atoms with van der Waals surface area (Å²) in [7, 11) is 1.52. The number of pyridine rings is 1. The van der Waals surface area contributed by atoms with Gasteiger partial charge in [-0.1, -0.05) is 20.8 Å². The Labute approximate surface area is 266 Å².